The minimum atomic E-state index is -1.53. The first-order valence-electron chi connectivity index (χ1n) is 16.9. The highest BCUT2D eigenvalue weighted by atomic mass is 16.7. The first-order chi connectivity index (χ1) is 23.0. The van der Waals surface area contributed by atoms with Crippen molar-refractivity contribution in [2.45, 2.75) is 96.7 Å². The summed E-state index contributed by atoms with van der Waals surface area (Å²) in [6.45, 7) is 11.5. The van der Waals surface area contributed by atoms with E-state index < -0.39 is 47.4 Å². The van der Waals surface area contributed by atoms with Gasteiger partial charge in [0.2, 0.25) is 0 Å². The predicted octanol–water partition coefficient (Wildman–Crippen LogP) is 5.05. The number of esters is 2. The van der Waals surface area contributed by atoms with Crippen molar-refractivity contribution in [3.8, 4) is 0 Å². The Labute approximate surface area is 290 Å². The van der Waals surface area contributed by atoms with Crippen molar-refractivity contribution in [2.24, 2.45) is 22.4 Å². The monoisotopic (exact) mass is 685 g/mol. The molecule has 1 aromatic rings. The molecule has 0 bridgehead atoms. The van der Waals surface area contributed by atoms with Crippen molar-refractivity contribution < 1.29 is 38.1 Å². The first-order valence-corrected chi connectivity index (χ1v) is 16.9. The fourth-order valence-electron chi connectivity index (χ4n) is 6.95. The van der Waals surface area contributed by atoms with Crippen LogP contribution in [-0.4, -0.2) is 118 Å². The Bertz CT molecular complexity index is 1350. The SMILES string of the molecule is CO[C@]1(C)C[C@@H](C)CN(C)[C@H](/C=C/CN=[N+]=[N-])COC(=O)C(C)(C)C(=O)[C@H](C)[C@H]1O[C@@H]1O[C@H](C)C[C@H](N(C)C)[C@H]1OC(=O)c1ccccc1. The van der Waals surface area contributed by atoms with Gasteiger partial charge in [-0.05, 0) is 85.3 Å². The number of ketones is 1. The highest BCUT2D eigenvalue weighted by molar-refractivity contribution is 6.04. The third-order valence-electron chi connectivity index (χ3n) is 9.76. The van der Waals surface area contributed by atoms with Crippen molar-refractivity contribution in [3.63, 3.8) is 0 Å². The molecule has 49 heavy (non-hydrogen) atoms. The largest absolute Gasteiger partial charge is 0.463 e. The number of hydrogen-bond acceptors (Lipinski definition) is 11. The zero-order chi connectivity index (χ0) is 36.5. The average Bonchev–Trinajstić information content (AvgIpc) is 3.06. The summed E-state index contributed by atoms with van der Waals surface area (Å²) >= 11 is 0. The van der Waals surface area contributed by atoms with Gasteiger partial charge < -0.3 is 28.6 Å². The molecule has 3 rings (SSSR count). The van der Waals surface area contributed by atoms with Crippen LogP contribution < -0.4 is 0 Å². The van der Waals surface area contributed by atoms with Crippen molar-refractivity contribution in [1.29, 1.82) is 0 Å². The van der Waals surface area contributed by atoms with Gasteiger partial charge in [-0.3, -0.25) is 14.5 Å². The molecule has 0 amide bonds. The van der Waals surface area contributed by atoms with Gasteiger partial charge in [0, 0.05) is 31.0 Å². The van der Waals surface area contributed by atoms with E-state index in [-0.39, 0.29) is 43.0 Å². The fourth-order valence-corrected chi connectivity index (χ4v) is 6.95. The van der Waals surface area contributed by atoms with Crippen LogP contribution in [0.25, 0.3) is 10.4 Å². The summed E-state index contributed by atoms with van der Waals surface area (Å²) in [5, 5.41) is 3.56. The summed E-state index contributed by atoms with van der Waals surface area (Å²) in [5.74, 6) is -2.40. The van der Waals surface area contributed by atoms with Crippen LogP contribution in [-0.2, 0) is 33.3 Å². The predicted molar refractivity (Wildman–Crippen MR) is 185 cm³/mol. The van der Waals surface area contributed by atoms with Crippen molar-refractivity contribution in [1.82, 2.24) is 9.80 Å². The summed E-state index contributed by atoms with van der Waals surface area (Å²) in [5.41, 5.74) is 6.50. The van der Waals surface area contributed by atoms with E-state index in [2.05, 4.69) is 21.8 Å². The Morgan fingerprint density at radius 2 is 1.84 bits per heavy atom. The molecule has 0 saturated carbocycles. The Balaban J connectivity index is 2.06. The van der Waals surface area contributed by atoms with Gasteiger partial charge in [0.1, 0.15) is 12.0 Å². The lowest BCUT2D eigenvalue weighted by Crippen LogP contribution is -2.60. The lowest BCUT2D eigenvalue weighted by Gasteiger charge is -2.47. The number of rotatable bonds is 9. The topological polar surface area (TPSA) is 153 Å². The van der Waals surface area contributed by atoms with Crippen LogP contribution in [0.1, 0.15) is 64.7 Å². The van der Waals surface area contributed by atoms with Gasteiger partial charge in [-0.2, -0.15) is 0 Å². The molecule has 2 heterocycles. The molecular weight excluding hydrogens is 630 g/mol. The number of cyclic esters (lactones) is 1. The van der Waals surface area contributed by atoms with Gasteiger partial charge in [0.15, 0.2) is 18.2 Å². The molecule has 13 nitrogen and oxygen atoms in total. The maximum atomic E-state index is 14.3. The van der Waals surface area contributed by atoms with Crippen LogP contribution >= 0.6 is 0 Å². The molecule has 0 spiro atoms. The number of carbonyl (C=O) groups excluding carboxylic acids is 3. The van der Waals surface area contributed by atoms with Gasteiger partial charge in [-0.15, -0.1) is 0 Å². The summed E-state index contributed by atoms with van der Waals surface area (Å²) in [4.78, 5) is 48.1. The van der Waals surface area contributed by atoms with E-state index in [0.717, 1.165) is 0 Å². The second-order valence-electron chi connectivity index (χ2n) is 14.4. The number of ether oxygens (including phenoxy) is 5. The van der Waals surface area contributed by atoms with Gasteiger partial charge in [0.25, 0.3) is 0 Å². The Hall–Kier alpha value is -3.32. The summed E-state index contributed by atoms with van der Waals surface area (Å²) < 4.78 is 31.4. The summed E-state index contributed by atoms with van der Waals surface area (Å²) in [6.07, 6.45) is 1.58. The second-order valence-corrected chi connectivity index (χ2v) is 14.4. The van der Waals surface area contributed by atoms with Crippen molar-refractivity contribution in [3.05, 3.63) is 58.5 Å². The third kappa shape index (κ3) is 10.1. The van der Waals surface area contributed by atoms with Crippen molar-refractivity contribution >= 4 is 17.7 Å². The van der Waals surface area contributed by atoms with Crippen molar-refractivity contribution in [2.75, 3.05) is 47.9 Å². The van der Waals surface area contributed by atoms with Crippen LogP contribution in [0.4, 0.5) is 0 Å². The first kappa shape index (κ1) is 40.1. The Morgan fingerprint density at radius 1 is 1.16 bits per heavy atom. The number of carbonyl (C=O) groups is 3. The van der Waals surface area contributed by atoms with Crippen LogP contribution in [0.2, 0.25) is 0 Å². The molecule has 2 aliphatic heterocycles. The molecule has 0 unspecified atom stereocenters. The molecule has 0 aliphatic carbocycles. The molecule has 9 atom stereocenters. The molecule has 2 fully saturated rings. The summed E-state index contributed by atoms with van der Waals surface area (Å²) in [6, 6.07) is 8.16. The number of likely N-dealkylation sites (N-methyl/N-ethyl adjacent to an activating group) is 2. The molecule has 13 heteroatoms. The van der Waals surface area contributed by atoms with Crippen LogP contribution in [0.5, 0.6) is 0 Å². The molecule has 0 radical (unpaired) electrons. The summed E-state index contributed by atoms with van der Waals surface area (Å²) in [7, 11) is 7.34. The van der Waals surface area contributed by atoms with Crippen LogP contribution in [0.3, 0.4) is 0 Å². The van der Waals surface area contributed by atoms with E-state index in [1.807, 2.05) is 52.0 Å². The van der Waals surface area contributed by atoms with E-state index in [4.69, 9.17) is 29.2 Å². The molecular formula is C36H55N5O8. The van der Waals surface area contributed by atoms with E-state index in [1.165, 1.54) is 0 Å². The Morgan fingerprint density at radius 3 is 2.45 bits per heavy atom. The van der Waals surface area contributed by atoms with Gasteiger partial charge in [0.05, 0.1) is 35.5 Å². The average molecular weight is 686 g/mol. The number of methoxy groups -OCH3 is 1. The smallest absolute Gasteiger partial charge is 0.338 e. The molecule has 272 valence electrons. The number of Topliss-reactive ketones (excluding diaryl/α,β-unsaturated/α-hetero) is 1. The standard InChI is InChI=1S/C36H55N5O8/c1-23-20-36(6,45-10)31(25(3)30(42)35(4,5)34(44)46-22-27(41(9)21-23)17-14-18-38-39-37)49-33-29(28(40(7)8)19-24(2)47-33)48-32(43)26-15-12-11-13-16-26/h11-17,23-25,27-29,31,33H,18-22H2,1-10H3/b17-14+/t23-,24-,25+,27-,28+,29-,31-,33+,36-/m1/s1. The van der Waals surface area contributed by atoms with Crippen LogP contribution in [0.15, 0.2) is 47.6 Å². The fraction of sp³-hybridized carbons (Fsp3) is 0.694. The lowest BCUT2D eigenvalue weighted by molar-refractivity contribution is -0.295. The third-order valence-corrected chi connectivity index (χ3v) is 9.76. The van der Waals surface area contributed by atoms with E-state index in [1.54, 1.807) is 58.2 Å². The maximum Gasteiger partial charge on any atom is 0.338 e. The van der Waals surface area contributed by atoms with E-state index in [0.29, 0.717) is 24.9 Å². The Kier molecular flexibility index (Phi) is 14.4. The minimum Gasteiger partial charge on any atom is -0.463 e. The number of nitrogens with zero attached hydrogens (tertiary/aromatic N) is 5. The minimum absolute atomic E-state index is 0.00950. The number of azide groups is 1. The number of hydrogen-bond donors (Lipinski definition) is 0. The maximum absolute atomic E-state index is 14.3. The molecule has 2 aliphatic rings. The van der Waals surface area contributed by atoms with Gasteiger partial charge in [-0.25, -0.2) is 4.79 Å². The molecule has 0 aromatic heterocycles. The quantitative estimate of drug-likeness (QED) is 0.0862. The normalized spacial score (nSPS) is 33.5. The molecule has 2 saturated heterocycles. The lowest BCUT2D eigenvalue weighted by atomic mass is 9.74. The van der Waals surface area contributed by atoms with Gasteiger partial charge >= 0.3 is 11.9 Å². The van der Waals surface area contributed by atoms with E-state index >= 15 is 0 Å². The van der Waals surface area contributed by atoms with Crippen LogP contribution in [0, 0.1) is 17.3 Å². The number of benzene rings is 1. The molecule has 0 N–H and O–H groups in total. The second kappa shape index (κ2) is 17.6. The van der Waals surface area contributed by atoms with E-state index in [9.17, 15) is 14.4 Å². The van der Waals surface area contributed by atoms with Gasteiger partial charge in [-0.1, -0.05) is 49.3 Å². The molecule has 1 aromatic carbocycles. The zero-order valence-corrected chi connectivity index (χ0v) is 30.7. The zero-order valence-electron chi connectivity index (χ0n) is 30.7. The highest BCUT2D eigenvalue weighted by Gasteiger charge is 2.52. The highest BCUT2D eigenvalue weighted by Crippen LogP contribution is 2.39.